The van der Waals surface area contributed by atoms with Crippen LogP contribution in [0, 0.1) is 6.92 Å². The topological polar surface area (TPSA) is 95.6 Å². The SMILES string of the molecule is CCCCC(NC(=O)c1c(C(N)=O)n(CC)c2ccccc12)c1c(OC)cc(C)cc1OC. The van der Waals surface area contributed by atoms with Crippen molar-refractivity contribution in [1.29, 1.82) is 0 Å². The lowest BCUT2D eigenvalue weighted by Gasteiger charge is -2.24. The van der Waals surface area contributed by atoms with Gasteiger partial charge in [-0.25, -0.2) is 0 Å². The number of aryl methyl sites for hydroxylation is 2. The number of nitrogens with one attached hydrogen (secondary N) is 1. The second kappa shape index (κ2) is 10.4. The van der Waals surface area contributed by atoms with Crippen LogP contribution in [0.25, 0.3) is 10.9 Å². The summed E-state index contributed by atoms with van der Waals surface area (Å²) < 4.78 is 13.1. The number of fused-ring (bicyclic) bond motifs is 1. The number of hydrogen-bond donors (Lipinski definition) is 2. The van der Waals surface area contributed by atoms with E-state index in [1.807, 2.05) is 50.2 Å². The third-order valence-corrected chi connectivity index (χ3v) is 5.94. The number of nitrogens with two attached hydrogens (primary N) is 1. The molecular weight excluding hydrogens is 418 g/mol. The number of primary amides is 1. The highest BCUT2D eigenvalue weighted by atomic mass is 16.5. The van der Waals surface area contributed by atoms with Crippen LogP contribution < -0.4 is 20.5 Å². The van der Waals surface area contributed by atoms with Crippen molar-refractivity contribution >= 4 is 22.7 Å². The van der Waals surface area contributed by atoms with Crippen molar-refractivity contribution in [3.8, 4) is 11.5 Å². The van der Waals surface area contributed by atoms with Crippen molar-refractivity contribution in [1.82, 2.24) is 9.88 Å². The maximum absolute atomic E-state index is 13.7. The fourth-order valence-corrected chi connectivity index (χ4v) is 4.46. The van der Waals surface area contributed by atoms with E-state index < -0.39 is 5.91 Å². The van der Waals surface area contributed by atoms with Crippen molar-refractivity contribution in [2.75, 3.05) is 14.2 Å². The molecule has 0 aliphatic heterocycles. The van der Waals surface area contributed by atoms with E-state index in [4.69, 9.17) is 15.2 Å². The average Bonchev–Trinajstić information content (AvgIpc) is 3.16. The molecule has 0 radical (unpaired) electrons. The van der Waals surface area contributed by atoms with Crippen molar-refractivity contribution in [2.45, 2.75) is 52.6 Å². The predicted molar refractivity (Wildman–Crippen MR) is 130 cm³/mol. The monoisotopic (exact) mass is 451 g/mol. The maximum Gasteiger partial charge on any atom is 0.266 e. The largest absolute Gasteiger partial charge is 0.496 e. The highest BCUT2D eigenvalue weighted by Gasteiger charge is 2.29. The van der Waals surface area contributed by atoms with Crippen LogP contribution in [0.2, 0.25) is 0 Å². The lowest BCUT2D eigenvalue weighted by molar-refractivity contribution is 0.0918. The second-order valence-corrected chi connectivity index (χ2v) is 8.10. The molecule has 3 N–H and O–H groups in total. The summed E-state index contributed by atoms with van der Waals surface area (Å²) >= 11 is 0. The number of rotatable bonds is 10. The highest BCUT2D eigenvalue weighted by Crippen LogP contribution is 2.38. The lowest BCUT2D eigenvalue weighted by Crippen LogP contribution is -2.31. The number of nitrogens with zero attached hydrogens (tertiary/aromatic N) is 1. The van der Waals surface area contributed by atoms with Crippen LogP contribution in [-0.4, -0.2) is 30.6 Å². The second-order valence-electron chi connectivity index (χ2n) is 8.10. The summed E-state index contributed by atoms with van der Waals surface area (Å²) in [5.74, 6) is 0.325. The highest BCUT2D eigenvalue weighted by molar-refractivity contribution is 6.15. The zero-order chi connectivity index (χ0) is 24.1. The van der Waals surface area contributed by atoms with Crippen LogP contribution in [0.15, 0.2) is 36.4 Å². The molecule has 33 heavy (non-hydrogen) atoms. The molecule has 176 valence electrons. The summed E-state index contributed by atoms with van der Waals surface area (Å²) in [4.78, 5) is 26.1. The molecular formula is C26H33N3O4. The van der Waals surface area contributed by atoms with Gasteiger partial charge < -0.3 is 25.1 Å². The van der Waals surface area contributed by atoms with E-state index >= 15 is 0 Å². The molecule has 0 fully saturated rings. The van der Waals surface area contributed by atoms with E-state index in [-0.39, 0.29) is 17.6 Å². The minimum atomic E-state index is -0.631. The molecule has 7 heteroatoms. The first-order chi connectivity index (χ1) is 15.9. The zero-order valence-electron chi connectivity index (χ0n) is 20.0. The van der Waals surface area contributed by atoms with E-state index in [0.717, 1.165) is 29.5 Å². The molecule has 1 unspecified atom stereocenters. The Bertz CT molecular complexity index is 1140. The number of hydrogen-bond acceptors (Lipinski definition) is 4. The minimum absolute atomic E-state index is 0.216. The Morgan fingerprint density at radius 3 is 2.27 bits per heavy atom. The van der Waals surface area contributed by atoms with Crippen molar-refractivity contribution in [3.05, 3.63) is 58.8 Å². The normalized spacial score (nSPS) is 11.9. The summed E-state index contributed by atoms with van der Waals surface area (Å²) in [5.41, 5.74) is 8.84. The number of amides is 2. The van der Waals surface area contributed by atoms with Crippen LogP contribution in [0.3, 0.4) is 0 Å². The van der Waals surface area contributed by atoms with Gasteiger partial charge in [-0.1, -0.05) is 38.0 Å². The van der Waals surface area contributed by atoms with Crippen LogP contribution in [0.4, 0.5) is 0 Å². The third-order valence-electron chi connectivity index (χ3n) is 5.94. The summed E-state index contributed by atoms with van der Waals surface area (Å²) in [6.45, 7) is 6.51. The van der Waals surface area contributed by atoms with Gasteiger partial charge in [0.15, 0.2) is 0 Å². The molecule has 1 atom stereocenters. The third kappa shape index (κ3) is 4.67. The van der Waals surface area contributed by atoms with Crippen LogP contribution in [0.1, 0.15) is 71.1 Å². The van der Waals surface area contributed by atoms with Gasteiger partial charge >= 0.3 is 0 Å². The summed E-state index contributed by atoms with van der Waals surface area (Å²) in [5, 5.41) is 3.86. The number of carbonyl (C=O) groups excluding carboxylic acids is 2. The van der Waals surface area contributed by atoms with Gasteiger partial charge in [-0.15, -0.1) is 0 Å². The fraction of sp³-hybridized carbons (Fsp3) is 0.385. The first kappa shape index (κ1) is 24.2. The number of aromatic nitrogens is 1. The Morgan fingerprint density at radius 2 is 1.73 bits per heavy atom. The van der Waals surface area contributed by atoms with Crippen LogP contribution in [-0.2, 0) is 6.54 Å². The van der Waals surface area contributed by atoms with Gasteiger partial charge in [0.05, 0.1) is 31.4 Å². The average molecular weight is 452 g/mol. The number of ether oxygens (including phenoxy) is 2. The fourth-order valence-electron chi connectivity index (χ4n) is 4.46. The quantitative estimate of drug-likeness (QED) is 0.465. The molecule has 0 aliphatic rings. The first-order valence-electron chi connectivity index (χ1n) is 11.3. The molecule has 2 aromatic carbocycles. The van der Waals surface area contributed by atoms with Gasteiger partial charge in [0.2, 0.25) is 0 Å². The molecule has 7 nitrogen and oxygen atoms in total. The molecule has 0 bridgehead atoms. The van der Waals surface area contributed by atoms with Gasteiger partial charge in [-0.2, -0.15) is 0 Å². The Kier molecular flexibility index (Phi) is 7.63. The molecule has 2 amide bonds. The van der Waals surface area contributed by atoms with Crippen LogP contribution >= 0.6 is 0 Å². The van der Waals surface area contributed by atoms with Gasteiger partial charge in [-0.05, 0) is 44.0 Å². The van der Waals surface area contributed by atoms with E-state index in [2.05, 4.69) is 12.2 Å². The Balaban J connectivity index is 2.14. The molecule has 3 aromatic rings. The van der Waals surface area contributed by atoms with Gasteiger partial charge in [0.25, 0.3) is 11.8 Å². The minimum Gasteiger partial charge on any atom is -0.496 e. The Hall–Kier alpha value is -3.48. The molecule has 1 heterocycles. The van der Waals surface area contributed by atoms with E-state index in [1.165, 1.54) is 0 Å². The number of para-hydroxylation sites is 1. The van der Waals surface area contributed by atoms with E-state index in [1.54, 1.807) is 18.8 Å². The first-order valence-corrected chi connectivity index (χ1v) is 11.3. The van der Waals surface area contributed by atoms with Crippen LogP contribution in [0.5, 0.6) is 11.5 Å². The number of unbranched alkanes of at least 4 members (excludes halogenated alkanes) is 1. The smallest absolute Gasteiger partial charge is 0.266 e. The molecule has 0 spiro atoms. The van der Waals surface area contributed by atoms with E-state index in [9.17, 15) is 9.59 Å². The van der Waals surface area contributed by atoms with Gasteiger partial charge in [0.1, 0.15) is 17.2 Å². The van der Waals surface area contributed by atoms with Crippen molar-refractivity contribution in [3.63, 3.8) is 0 Å². The Morgan fingerprint density at radius 1 is 1.09 bits per heavy atom. The maximum atomic E-state index is 13.7. The molecule has 1 aromatic heterocycles. The van der Waals surface area contributed by atoms with Gasteiger partial charge in [0, 0.05) is 17.4 Å². The lowest BCUT2D eigenvalue weighted by atomic mass is 9.96. The number of benzene rings is 2. The molecule has 0 aliphatic carbocycles. The molecule has 3 rings (SSSR count). The van der Waals surface area contributed by atoms with Crippen molar-refractivity contribution < 1.29 is 19.1 Å². The van der Waals surface area contributed by atoms with Gasteiger partial charge in [-0.3, -0.25) is 9.59 Å². The number of methoxy groups -OCH3 is 2. The summed E-state index contributed by atoms with van der Waals surface area (Å²) in [6, 6.07) is 11.0. The standard InChI is InChI=1S/C26H33N3O4/c1-6-8-12-18(23-20(32-4)14-16(3)15-21(23)33-5)28-26(31)22-17-11-9-10-13-19(17)29(7-2)24(22)25(27)30/h9-11,13-15,18H,6-8,12H2,1-5H3,(H2,27,30)(H,28,31). The molecule has 0 saturated carbocycles. The number of carbonyl (C=O) groups is 2. The summed E-state index contributed by atoms with van der Waals surface area (Å²) in [6.07, 6.45) is 2.55. The summed E-state index contributed by atoms with van der Waals surface area (Å²) in [7, 11) is 3.22. The zero-order valence-corrected chi connectivity index (χ0v) is 20.0. The van der Waals surface area contributed by atoms with E-state index in [0.29, 0.717) is 35.4 Å². The van der Waals surface area contributed by atoms with Crippen molar-refractivity contribution in [2.24, 2.45) is 5.73 Å². The predicted octanol–water partition coefficient (Wildman–Crippen LogP) is 4.75. The molecule has 0 saturated heterocycles. The Labute approximate surface area is 194 Å².